The molecule has 1 N–H and O–H groups in total. The zero-order valence-corrected chi connectivity index (χ0v) is 12.1. The number of methoxy groups -OCH3 is 1. The lowest BCUT2D eigenvalue weighted by Crippen LogP contribution is -2.25. The number of nitrogens with one attached hydrogen (secondary N) is 1. The van der Waals surface area contributed by atoms with Crippen molar-refractivity contribution < 1.29 is 4.74 Å². The molecule has 0 spiro atoms. The van der Waals surface area contributed by atoms with E-state index in [4.69, 9.17) is 4.74 Å². The fraction of sp³-hybridized carbons (Fsp3) is 0.438. The molecule has 0 fully saturated rings. The molecule has 0 bridgehead atoms. The summed E-state index contributed by atoms with van der Waals surface area (Å²) in [5, 5.41) is 8.16. The predicted octanol–water partition coefficient (Wildman–Crippen LogP) is 2.87. The van der Waals surface area contributed by atoms with Crippen LogP contribution in [0.15, 0.2) is 30.5 Å². The van der Waals surface area contributed by atoms with Gasteiger partial charge in [-0.25, -0.2) is 4.68 Å². The second-order valence-electron chi connectivity index (χ2n) is 5.13. The van der Waals surface area contributed by atoms with Crippen LogP contribution in [0.25, 0.3) is 5.69 Å². The molecule has 3 rings (SSSR count). The third-order valence-corrected chi connectivity index (χ3v) is 3.95. The van der Waals surface area contributed by atoms with Crippen molar-refractivity contribution in [1.82, 2.24) is 15.1 Å². The Morgan fingerprint density at radius 1 is 1.40 bits per heavy atom. The van der Waals surface area contributed by atoms with Crippen molar-refractivity contribution >= 4 is 0 Å². The lowest BCUT2D eigenvalue weighted by Gasteiger charge is -2.24. The van der Waals surface area contributed by atoms with E-state index in [9.17, 15) is 0 Å². The summed E-state index contributed by atoms with van der Waals surface area (Å²) in [6.45, 7) is 3.14. The normalized spacial score (nSPS) is 17.8. The van der Waals surface area contributed by atoms with E-state index >= 15 is 0 Å². The quantitative estimate of drug-likeness (QED) is 0.929. The molecule has 1 aromatic carbocycles. The standard InChI is InChI=1S/C16H21N3O/c1-3-17-13-7-6-9-14-12(13)11-18-19(14)15-8-4-5-10-16(15)20-2/h4-5,8,10-11,13,17H,3,6-7,9H2,1-2H3. The molecule has 0 saturated heterocycles. The predicted molar refractivity (Wildman–Crippen MR) is 79.5 cm³/mol. The lowest BCUT2D eigenvalue weighted by atomic mass is 9.93. The first kappa shape index (κ1) is 13.2. The Balaban J connectivity index is 2.04. The van der Waals surface area contributed by atoms with Gasteiger partial charge in [-0.2, -0.15) is 5.10 Å². The van der Waals surface area contributed by atoms with Crippen LogP contribution in [0.1, 0.15) is 37.1 Å². The number of fused-ring (bicyclic) bond motifs is 1. The first-order chi connectivity index (χ1) is 9.85. The van der Waals surface area contributed by atoms with Crippen LogP contribution < -0.4 is 10.1 Å². The molecule has 1 heterocycles. The Kier molecular flexibility index (Phi) is 3.74. The first-order valence-corrected chi connectivity index (χ1v) is 7.28. The Morgan fingerprint density at radius 2 is 2.25 bits per heavy atom. The summed E-state index contributed by atoms with van der Waals surface area (Å²) in [7, 11) is 1.70. The van der Waals surface area contributed by atoms with Crippen molar-refractivity contribution in [2.75, 3.05) is 13.7 Å². The largest absolute Gasteiger partial charge is 0.494 e. The topological polar surface area (TPSA) is 39.1 Å². The maximum Gasteiger partial charge on any atom is 0.144 e. The van der Waals surface area contributed by atoms with Gasteiger partial charge in [0.05, 0.1) is 13.3 Å². The summed E-state index contributed by atoms with van der Waals surface area (Å²) in [4.78, 5) is 0. The molecule has 4 heteroatoms. The molecule has 1 atom stereocenters. The van der Waals surface area contributed by atoms with Gasteiger partial charge in [0.15, 0.2) is 0 Å². The highest BCUT2D eigenvalue weighted by molar-refractivity contribution is 5.48. The van der Waals surface area contributed by atoms with Gasteiger partial charge in [0.25, 0.3) is 0 Å². The van der Waals surface area contributed by atoms with Crippen LogP contribution in [0.4, 0.5) is 0 Å². The molecular formula is C16H21N3O. The van der Waals surface area contributed by atoms with Gasteiger partial charge < -0.3 is 10.1 Å². The second kappa shape index (κ2) is 5.67. The van der Waals surface area contributed by atoms with Gasteiger partial charge in [-0.1, -0.05) is 19.1 Å². The van der Waals surface area contributed by atoms with Crippen LogP contribution in [0.5, 0.6) is 5.75 Å². The van der Waals surface area contributed by atoms with E-state index in [1.165, 1.54) is 24.1 Å². The van der Waals surface area contributed by atoms with E-state index in [0.29, 0.717) is 6.04 Å². The summed E-state index contributed by atoms with van der Waals surface area (Å²) in [6.07, 6.45) is 5.48. The fourth-order valence-corrected chi connectivity index (χ4v) is 3.03. The summed E-state index contributed by atoms with van der Waals surface area (Å²) in [6, 6.07) is 8.49. The highest BCUT2D eigenvalue weighted by Gasteiger charge is 2.24. The van der Waals surface area contributed by atoms with Crippen molar-refractivity contribution in [1.29, 1.82) is 0 Å². The number of benzene rings is 1. The van der Waals surface area contributed by atoms with E-state index in [-0.39, 0.29) is 0 Å². The van der Waals surface area contributed by atoms with Gasteiger partial charge >= 0.3 is 0 Å². The van der Waals surface area contributed by atoms with Crippen LogP contribution in [-0.4, -0.2) is 23.4 Å². The van der Waals surface area contributed by atoms with E-state index in [1.54, 1.807) is 7.11 Å². The molecule has 0 aliphatic heterocycles. The SMILES string of the molecule is CCNC1CCCc2c1cnn2-c1ccccc1OC. The van der Waals surface area contributed by atoms with Gasteiger partial charge in [0, 0.05) is 17.3 Å². The minimum Gasteiger partial charge on any atom is -0.494 e. The minimum absolute atomic E-state index is 0.437. The number of aromatic nitrogens is 2. The summed E-state index contributed by atoms with van der Waals surface area (Å²) >= 11 is 0. The van der Waals surface area contributed by atoms with Crippen molar-refractivity contribution in [2.24, 2.45) is 0 Å². The van der Waals surface area contributed by atoms with Crippen LogP contribution in [0, 0.1) is 0 Å². The summed E-state index contributed by atoms with van der Waals surface area (Å²) in [5.41, 5.74) is 3.67. The Bertz CT molecular complexity index is 591. The van der Waals surface area contributed by atoms with Crippen molar-refractivity contribution in [2.45, 2.75) is 32.2 Å². The average molecular weight is 271 g/mol. The molecule has 1 aromatic heterocycles. The minimum atomic E-state index is 0.437. The van der Waals surface area contributed by atoms with E-state index in [0.717, 1.165) is 24.4 Å². The lowest BCUT2D eigenvalue weighted by molar-refractivity contribution is 0.410. The van der Waals surface area contributed by atoms with Crippen LogP contribution >= 0.6 is 0 Å². The zero-order valence-electron chi connectivity index (χ0n) is 12.1. The number of hydrogen-bond acceptors (Lipinski definition) is 3. The van der Waals surface area contributed by atoms with Crippen molar-refractivity contribution in [3.05, 3.63) is 41.7 Å². The van der Waals surface area contributed by atoms with Crippen molar-refractivity contribution in [3.8, 4) is 11.4 Å². The first-order valence-electron chi connectivity index (χ1n) is 7.28. The Labute approximate surface area is 119 Å². The molecule has 0 radical (unpaired) electrons. The molecule has 0 amide bonds. The molecule has 0 saturated carbocycles. The van der Waals surface area contributed by atoms with E-state index in [1.807, 2.05) is 29.1 Å². The monoisotopic (exact) mass is 271 g/mol. The highest BCUT2D eigenvalue weighted by Crippen LogP contribution is 2.32. The van der Waals surface area contributed by atoms with E-state index in [2.05, 4.69) is 23.4 Å². The molecule has 4 nitrogen and oxygen atoms in total. The number of ether oxygens (including phenoxy) is 1. The number of nitrogens with zero attached hydrogens (tertiary/aromatic N) is 2. The average Bonchev–Trinajstić information content (AvgIpc) is 2.92. The Hall–Kier alpha value is -1.81. The maximum absolute atomic E-state index is 5.46. The zero-order chi connectivity index (χ0) is 13.9. The fourth-order valence-electron chi connectivity index (χ4n) is 3.03. The molecule has 106 valence electrons. The third-order valence-electron chi connectivity index (χ3n) is 3.95. The van der Waals surface area contributed by atoms with Crippen LogP contribution in [-0.2, 0) is 6.42 Å². The van der Waals surface area contributed by atoms with Gasteiger partial charge in [-0.05, 0) is 37.9 Å². The number of para-hydroxylation sites is 2. The molecule has 1 aliphatic carbocycles. The number of rotatable bonds is 4. The highest BCUT2D eigenvalue weighted by atomic mass is 16.5. The van der Waals surface area contributed by atoms with Gasteiger partial charge in [0.1, 0.15) is 11.4 Å². The van der Waals surface area contributed by atoms with Crippen molar-refractivity contribution in [3.63, 3.8) is 0 Å². The molecular weight excluding hydrogens is 250 g/mol. The smallest absolute Gasteiger partial charge is 0.144 e. The number of hydrogen-bond donors (Lipinski definition) is 1. The molecule has 20 heavy (non-hydrogen) atoms. The van der Waals surface area contributed by atoms with Gasteiger partial charge in [-0.3, -0.25) is 0 Å². The van der Waals surface area contributed by atoms with Crippen LogP contribution in [0.3, 0.4) is 0 Å². The summed E-state index contributed by atoms with van der Waals surface area (Å²) < 4.78 is 7.50. The maximum atomic E-state index is 5.46. The molecule has 1 aliphatic rings. The molecule has 1 unspecified atom stereocenters. The van der Waals surface area contributed by atoms with Crippen LogP contribution in [0.2, 0.25) is 0 Å². The van der Waals surface area contributed by atoms with E-state index < -0.39 is 0 Å². The van der Waals surface area contributed by atoms with Gasteiger partial charge in [0.2, 0.25) is 0 Å². The summed E-state index contributed by atoms with van der Waals surface area (Å²) in [5.74, 6) is 0.865. The molecule has 2 aromatic rings. The third kappa shape index (κ3) is 2.20. The van der Waals surface area contributed by atoms with Gasteiger partial charge in [-0.15, -0.1) is 0 Å². The second-order valence-corrected chi connectivity index (χ2v) is 5.13. The Morgan fingerprint density at radius 3 is 3.05 bits per heavy atom.